The van der Waals surface area contributed by atoms with Crippen LogP contribution in [0.3, 0.4) is 0 Å². The van der Waals surface area contributed by atoms with Crippen molar-refractivity contribution in [3.05, 3.63) is 11.6 Å². The number of carbonyl (C=O) groups excluding carboxylic acids is 1. The molecule has 0 N–H and O–H groups in total. The molecular weight excluding hydrogens is 299 g/mol. The Kier molecular flexibility index (Phi) is 3.67. The molecule has 128 valence electrons. The van der Waals surface area contributed by atoms with Gasteiger partial charge < -0.3 is 14.2 Å². The maximum absolute atomic E-state index is 14.0. The molecule has 2 saturated carbocycles. The summed E-state index contributed by atoms with van der Waals surface area (Å²) in [6.07, 6.45) is 6.09. The first-order valence-corrected chi connectivity index (χ1v) is 8.70. The molecule has 0 amide bonds. The predicted octanol–water partition coefficient (Wildman–Crippen LogP) is 2.75. The number of epoxide rings is 2. The fourth-order valence-corrected chi connectivity index (χ4v) is 4.75. The third-order valence-corrected chi connectivity index (χ3v) is 6.21. The monoisotopic (exact) mass is 324 g/mol. The number of hydrogen-bond donors (Lipinski definition) is 0. The van der Waals surface area contributed by atoms with Gasteiger partial charge in [-0.05, 0) is 39.0 Å². The minimum absolute atomic E-state index is 0.0725. The van der Waals surface area contributed by atoms with Crippen LogP contribution in [-0.2, 0) is 19.0 Å². The van der Waals surface area contributed by atoms with Gasteiger partial charge in [-0.2, -0.15) is 0 Å². The summed E-state index contributed by atoms with van der Waals surface area (Å²) >= 11 is 0. The van der Waals surface area contributed by atoms with Gasteiger partial charge in [0.15, 0.2) is 12.0 Å². The Bertz CT molecular complexity index is 533. The lowest BCUT2D eigenvalue weighted by atomic mass is 9.68. The number of methoxy groups -OCH3 is 1. The van der Waals surface area contributed by atoms with Gasteiger partial charge in [-0.25, -0.2) is 4.39 Å². The molecule has 2 aliphatic heterocycles. The maximum atomic E-state index is 14.0. The maximum Gasteiger partial charge on any atom is 0.196 e. The van der Waals surface area contributed by atoms with E-state index in [1.165, 1.54) is 38.4 Å². The molecule has 5 heteroatoms. The minimum atomic E-state index is -1.49. The summed E-state index contributed by atoms with van der Waals surface area (Å²) in [7, 11) is 1.48. The van der Waals surface area contributed by atoms with Crippen LogP contribution in [0, 0.1) is 5.92 Å². The number of rotatable bonds is 4. The Labute approximate surface area is 136 Å². The third-order valence-electron chi connectivity index (χ3n) is 6.21. The van der Waals surface area contributed by atoms with Crippen molar-refractivity contribution in [3.63, 3.8) is 0 Å². The van der Waals surface area contributed by atoms with E-state index >= 15 is 0 Å². The summed E-state index contributed by atoms with van der Waals surface area (Å²) in [4.78, 5) is 12.2. The quantitative estimate of drug-likeness (QED) is 0.589. The highest BCUT2D eigenvalue weighted by molar-refractivity contribution is 5.89. The highest BCUT2D eigenvalue weighted by Crippen LogP contribution is 2.59. The fraction of sp³-hybridized carbons (Fsp3) is 0.833. The Balaban J connectivity index is 1.51. The van der Waals surface area contributed by atoms with E-state index in [2.05, 4.69) is 6.08 Å². The van der Waals surface area contributed by atoms with Crippen molar-refractivity contribution in [1.29, 1.82) is 0 Å². The van der Waals surface area contributed by atoms with Crippen LogP contribution in [0.1, 0.15) is 45.4 Å². The number of ether oxygens (including phenoxy) is 3. The Morgan fingerprint density at radius 1 is 1.39 bits per heavy atom. The van der Waals surface area contributed by atoms with Gasteiger partial charge in [-0.15, -0.1) is 0 Å². The van der Waals surface area contributed by atoms with E-state index in [-0.39, 0.29) is 18.4 Å². The minimum Gasteiger partial charge on any atom is -0.373 e. The van der Waals surface area contributed by atoms with E-state index in [1.54, 1.807) is 0 Å². The van der Waals surface area contributed by atoms with Gasteiger partial charge in [-0.3, -0.25) is 4.79 Å². The predicted molar refractivity (Wildman–Crippen MR) is 81.9 cm³/mol. The highest BCUT2D eigenvalue weighted by atomic mass is 19.1. The molecule has 2 saturated heterocycles. The van der Waals surface area contributed by atoms with Gasteiger partial charge in [0.1, 0.15) is 17.3 Å². The summed E-state index contributed by atoms with van der Waals surface area (Å²) in [5.41, 5.74) is 0.493. The van der Waals surface area contributed by atoms with Crippen molar-refractivity contribution in [2.24, 2.45) is 5.92 Å². The Hall–Kier alpha value is -0.780. The van der Waals surface area contributed by atoms with Gasteiger partial charge in [-0.1, -0.05) is 11.6 Å². The van der Waals surface area contributed by atoms with E-state index in [9.17, 15) is 9.18 Å². The molecule has 2 aliphatic carbocycles. The van der Waals surface area contributed by atoms with Crippen molar-refractivity contribution >= 4 is 5.78 Å². The van der Waals surface area contributed by atoms with Crippen LogP contribution in [0.2, 0.25) is 0 Å². The van der Waals surface area contributed by atoms with Crippen molar-refractivity contribution < 1.29 is 23.4 Å². The second-order valence-corrected chi connectivity index (χ2v) is 7.66. The van der Waals surface area contributed by atoms with Gasteiger partial charge >= 0.3 is 0 Å². The summed E-state index contributed by atoms with van der Waals surface area (Å²) in [6, 6.07) is 0. The van der Waals surface area contributed by atoms with Crippen LogP contribution in [0.5, 0.6) is 0 Å². The summed E-state index contributed by atoms with van der Waals surface area (Å²) < 4.78 is 31.1. The number of halogens is 1. The first kappa shape index (κ1) is 15.7. The lowest BCUT2D eigenvalue weighted by Gasteiger charge is -2.38. The first-order chi connectivity index (χ1) is 11.0. The number of carbonyl (C=O) groups is 1. The highest BCUT2D eigenvalue weighted by Gasteiger charge is 2.73. The number of Topliss-reactive ketones (excluding diaryl/α,β-unsaturated/α-hetero) is 1. The average Bonchev–Trinajstić information content (AvgIpc) is 3.35. The molecule has 4 rings (SSSR count). The number of alkyl halides is 1. The third kappa shape index (κ3) is 2.48. The molecule has 4 aliphatic rings. The molecule has 0 aromatic heterocycles. The zero-order valence-corrected chi connectivity index (χ0v) is 13.8. The lowest BCUT2D eigenvalue weighted by Crippen LogP contribution is -2.56. The smallest absolute Gasteiger partial charge is 0.196 e. The van der Waals surface area contributed by atoms with E-state index in [4.69, 9.17) is 14.2 Å². The second kappa shape index (κ2) is 5.36. The normalized spacial score (nSPS) is 48.8. The standard InChI is InChI=1S/C18H25FO4/c1-17(13(23-17)8-7-11-5-3-4-6-11)16-15(21-2)14(20)12(19)9-18(16)10-22-18/h7,12-13,15-16H,3-6,8-10H2,1-2H3/t12-,13+,15+,16+,17+,18-/m0/s1. The molecular formula is C18H25FO4. The molecule has 2 heterocycles. The summed E-state index contributed by atoms with van der Waals surface area (Å²) in [5, 5.41) is 0. The van der Waals surface area contributed by atoms with E-state index in [0.29, 0.717) is 6.61 Å². The summed E-state index contributed by atoms with van der Waals surface area (Å²) in [5.74, 6) is -0.672. The van der Waals surface area contributed by atoms with E-state index in [1.807, 2.05) is 6.92 Å². The van der Waals surface area contributed by atoms with Crippen LogP contribution in [0.25, 0.3) is 0 Å². The van der Waals surface area contributed by atoms with Crippen molar-refractivity contribution in [1.82, 2.24) is 0 Å². The molecule has 0 radical (unpaired) electrons. The SMILES string of the molecule is CO[C@@H]1C(=O)[C@@H](F)C[C@]2(CO2)[C@H]1[C@]1(C)O[C@@H]1CC=C1CCCC1. The number of ketones is 1. The largest absolute Gasteiger partial charge is 0.373 e. The molecule has 0 bridgehead atoms. The molecule has 1 spiro atoms. The molecule has 0 unspecified atom stereocenters. The average molecular weight is 324 g/mol. The number of hydrogen-bond acceptors (Lipinski definition) is 4. The van der Waals surface area contributed by atoms with Crippen LogP contribution in [0.15, 0.2) is 11.6 Å². The van der Waals surface area contributed by atoms with Crippen molar-refractivity contribution in [2.45, 2.75) is 75.0 Å². The Morgan fingerprint density at radius 2 is 2.09 bits per heavy atom. The van der Waals surface area contributed by atoms with E-state index < -0.39 is 29.3 Å². The first-order valence-electron chi connectivity index (χ1n) is 8.70. The van der Waals surface area contributed by atoms with Crippen LogP contribution in [-0.4, -0.2) is 49.1 Å². The second-order valence-electron chi connectivity index (χ2n) is 7.66. The van der Waals surface area contributed by atoms with Crippen molar-refractivity contribution in [2.75, 3.05) is 13.7 Å². The zero-order valence-electron chi connectivity index (χ0n) is 13.8. The molecule has 23 heavy (non-hydrogen) atoms. The van der Waals surface area contributed by atoms with Crippen LogP contribution in [0.4, 0.5) is 4.39 Å². The van der Waals surface area contributed by atoms with E-state index in [0.717, 1.165) is 6.42 Å². The molecule has 4 nitrogen and oxygen atoms in total. The van der Waals surface area contributed by atoms with Crippen LogP contribution < -0.4 is 0 Å². The van der Waals surface area contributed by atoms with Gasteiger partial charge in [0.2, 0.25) is 0 Å². The lowest BCUT2D eigenvalue weighted by molar-refractivity contribution is -0.150. The molecule has 4 fully saturated rings. The Morgan fingerprint density at radius 3 is 2.70 bits per heavy atom. The summed E-state index contributed by atoms with van der Waals surface area (Å²) in [6.45, 7) is 2.52. The van der Waals surface area contributed by atoms with Crippen LogP contribution >= 0.6 is 0 Å². The molecule has 0 aromatic rings. The van der Waals surface area contributed by atoms with Crippen molar-refractivity contribution in [3.8, 4) is 0 Å². The topological polar surface area (TPSA) is 51.4 Å². The van der Waals surface area contributed by atoms with Gasteiger partial charge in [0.05, 0.1) is 18.6 Å². The molecule has 0 aromatic carbocycles. The number of allylic oxidation sites excluding steroid dienone is 1. The van der Waals surface area contributed by atoms with Gasteiger partial charge in [0, 0.05) is 13.5 Å². The zero-order chi connectivity index (χ0) is 16.2. The van der Waals surface area contributed by atoms with Gasteiger partial charge in [0.25, 0.3) is 0 Å². The fourth-order valence-electron chi connectivity index (χ4n) is 4.75. The molecule has 6 atom stereocenters.